The number of nitrogens with zero attached hydrogens (tertiary/aromatic N) is 3. The maximum absolute atomic E-state index is 4.98. The van der Waals surface area contributed by atoms with Gasteiger partial charge < -0.3 is 10.3 Å². The Morgan fingerprint density at radius 2 is 1.71 bits per heavy atom. The van der Waals surface area contributed by atoms with E-state index in [1.54, 1.807) is 0 Å². The van der Waals surface area contributed by atoms with E-state index < -0.39 is 0 Å². The smallest absolute Gasteiger partial charge is 0.138 e. The van der Waals surface area contributed by atoms with Crippen molar-refractivity contribution < 1.29 is 0 Å². The molecule has 2 aromatic heterocycles. The minimum absolute atomic E-state index is 0.627. The topological polar surface area (TPSA) is 56.8 Å². The van der Waals surface area contributed by atoms with Gasteiger partial charge in [0.15, 0.2) is 0 Å². The molecule has 2 fully saturated rings. The molecule has 0 bridgehead atoms. The molecule has 0 radical (unpaired) electrons. The summed E-state index contributed by atoms with van der Waals surface area (Å²) in [4.78, 5) is 16.0. The van der Waals surface area contributed by atoms with Crippen molar-refractivity contribution in [2.24, 2.45) is 5.92 Å². The highest BCUT2D eigenvalue weighted by molar-refractivity contribution is 5.83. The monoisotopic (exact) mass is 459 g/mol. The highest BCUT2D eigenvalue weighted by Gasteiger charge is 2.34. The zero-order valence-electron chi connectivity index (χ0n) is 21.6. The molecule has 0 spiro atoms. The first-order chi connectivity index (χ1) is 16.4. The lowest BCUT2D eigenvalue weighted by Gasteiger charge is -2.46. The van der Waals surface area contributed by atoms with Gasteiger partial charge in [0.2, 0.25) is 0 Å². The van der Waals surface area contributed by atoms with Crippen molar-refractivity contribution in [1.82, 2.24) is 25.2 Å². The molecule has 5 rings (SSSR count). The molecule has 2 aliphatic heterocycles. The number of H-pyrrole nitrogens is 1. The SMILES string of the molecule is Cc1cc(-c2nc3c(C)cc(C4CCN(C5CCNCC5)[C@H](CC(C)C)C4)cc3[nH]2)cc(C)n1. The summed E-state index contributed by atoms with van der Waals surface area (Å²) in [5.74, 6) is 2.31. The Labute approximate surface area is 204 Å². The number of likely N-dealkylation sites (tertiary alicyclic amines) is 1. The second kappa shape index (κ2) is 9.79. The number of rotatable bonds is 5. The molecule has 182 valence electrons. The first-order valence-corrected chi connectivity index (χ1v) is 13.3. The number of pyridine rings is 1. The number of aromatic amines is 1. The molecule has 2 saturated heterocycles. The third-order valence-corrected chi connectivity index (χ3v) is 7.91. The van der Waals surface area contributed by atoms with Gasteiger partial charge >= 0.3 is 0 Å². The number of aromatic nitrogens is 3. The molecule has 2 N–H and O–H groups in total. The van der Waals surface area contributed by atoms with E-state index >= 15 is 0 Å². The van der Waals surface area contributed by atoms with Crippen molar-refractivity contribution >= 4 is 11.0 Å². The fourth-order valence-electron chi connectivity index (χ4n) is 6.43. The van der Waals surface area contributed by atoms with E-state index in [0.29, 0.717) is 12.0 Å². The van der Waals surface area contributed by atoms with Gasteiger partial charge in [-0.25, -0.2) is 4.98 Å². The Hall–Kier alpha value is -2.24. The fraction of sp³-hybridized carbons (Fsp3) is 0.586. The van der Waals surface area contributed by atoms with Gasteiger partial charge in [0.1, 0.15) is 5.82 Å². The van der Waals surface area contributed by atoms with Gasteiger partial charge in [-0.2, -0.15) is 0 Å². The minimum Gasteiger partial charge on any atom is -0.338 e. The summed E-state index contributed by atoms with van der Waals surface area (Å²) in [6.45, 7) is 14.7. The molecule has 3 aromatic rings. The van der Waals surface area contributed by atoms with Gasteiger partial charge in [-0.1, -0.05) is 19.9 Å². The highest BCUT2D eigenvalue weighted by atomic mass is 15.2. The molecule has 1 aromatic carbocycles. The van der Waals surface area contributed by atoms with Crippen LogP contribution in [0.3, 0.4) is 0 Å². The summed E-state index contributed by atoms with van der Waals surface area (Å²) in [7, 11) is 0. The molecule has 4 heterocycles. The van der Waals surface area contributed by atoms with Crippen LogP contribution in [0, 0.1) is 26.7 Å². The Balaban J connectivity index is 1.42. The van der Waals surface area contributed by atoms with Gasteiger partial charge in [0.05, 0.1) is 11.0 Å². The maximum atomic E-state index is 4.98. The third kappa shape index (κ3) is 4.92. The van der Waals surface area contributed by atoms with Crippen LogP contribution >= 0.6 is 0 Å². The first-order valence-electron chi connectivity index (χ1n) is 13.3. The quantitative estimate of drug-likeness (QED) is 0.499. The largest absolute Gasteiger partial charge is 0.338 e. The normalized spacial score (nSPS) is 22.6. The summed E-state index contributed by atoms with van der Waals surface area (Å²) in [6, 6.07) is 10.5. The molecule has 5 heteroatoms. The van der Waals surface area contributed by atoms with Crippen LogP contribution in [0.25, 0.3) is 22.4 Å². The average molecular weight is 460 g/mol. The van der Waals surface area contributed by atoms with Crippen molar-refractivity contribution in [2.75, 3.05) is 19.6 Å². The standard InChI is InChI=1S/C29H41N5/c1-18(2)12-26-16-22(8-11-34(26)25-6-9-30-10-7-25)23-13-19(3)28-27(17-23)32-29(33-28)24-14-20(4)31-21(5)15-24/h13-15,17-18,22,25-26,30H,6-12,16H2,1-5H3,(H,32,33)/t22?,26-/m1/s1. The number of imidazole rings is 1. The van der Waals surface area contributed by atoms with Crippen LogP contribution in [-0.4, -0.2) is 51.6 Å². The highest BCUT2D eigenvalue weighted by Crippen LogP contribution is 2.38. The first kappa shape index (κ1) is 23.5. The van der Waals surface area contributed by atoms with Crippen LogP contribution in [0.1, 0.15) is 74.4 Å². The van der Waals surface area contributed by atoms with Gasteiger partial charge in [0, 0.05) is 29.0 Å². The van der Waals surface area contributed by atoms with Crippen molar-refractivity contribution in [3.8, 4) is 11.4 Å². The van der Waals surface area contributed by atoms with Gasteiger partial charge in [-0.05, 0) is 114 Å². The molecule has 34 heavy (non-hydrogen) atoms. The summed E-state index contributed by atoms with van der Waals surface area (Å²) >= 11 is 0. The van der Waals surface area contributed by atoms with Crippen LogP contribution in [0.15, 0.2) is 24.3 Å². The van der Waals surface area contributed by atoms with E-state index in [1.807, 2.05) is 13.8 Å². The Bertz CT molecular complexity index is 1120. The number of hydrogen-bond acceptors (Lipinski definition) is 4. The Kier molecular flexibility index (Phi) is 6.76. The predicted molar refractivity (Wildman–Crippen MR) is 141 cm³/mol. The molecular weight excluding hydrogens is 418 g/mol. The van der Waals surface area contributed by atoms with Gasteiger partial charge in [-0.3, -0.25) is 9.88 Å². The van der Waals surface area contributed by atoms with Gasteiger partial charge in [-0.15, -0.1) is 0 Å². The summed E-state index contributed by atoms with van der Waals surface area (Å²) in [6.07, 6.45) is 6.44. The number of fused-ring (bicyclic) bond motifs is 1. The number of benzene rings is 1. The molecule has 2 aliphatic rings. The zero-order valence-corrected chi connectivity index (χ0v) is 21.6. The maximum Gasteiger partial charge on any atom is 0.138 e. The summed E-state index contributed by atoms with van der Waals surface area (Å²) < 4.78 is 0. The lowest BCUT2D eigenvalue weighted by molar-refractivity contribution is 0.0562. The third-order valence-electron chi connectivity index (χ3n) is 7.91. The summed E-state index contributed by atoms with van der Waals surface area (Å²) in [5.41, 5.74) is 8.21. The average Bonchev–Trinajstić information content (AvgIpc) is 3.24. The molecule has 1 unspecified atom stereocenters. The van der Waals surface area contributed by atoms with E-state index in [2.05, 4.69) is 65.2 Å². The second-order valence-electron chi connectivity index (χ2n) is 11.2. The van der Waals surface area contributed by atoms with Crippen LogP contribution in [0.5, 0.6) is 0 Å². The second-order valence-corrected chi connectivity index (χ2v) is 11.2. The van der Waals surface area contributed by atoms with Crippen molar-refractivity contribution in [3.05, 3.63) is 46.8 Å². The van der Waals surface area contributed by atoms with Crippen LogP contribution in [-0.2, 0) is 0 Å². The fourth-order valence-corrected chi connectivity index (χ4v) is 6.43. The van der Waals surface area contributed by atoms with E-state index in [1.165, 1.54) is 68.4 Å². The van der Waals surface area contributed by atoms with Gasteiger partial charge in [0.25, 0.3) is 0 Å². The lowest BCUT2D eigenvalue weighted by Crippen LogP contribution is -2.51. The van der Waals surface area contributed by atoms with E-state index in [-0.39, 0.29) is 0 Å². The van der Waals surface area contributed by atoms with Crippen LogP contribution in [0.4, 0.5) is 0 Å². The Morgan fingerprint density at radius 1 is 0.971 bits per heavy atom. The van der Waals surface area contributed by atoms with Crippen LogP contribution < -0.4 is 5.32 Å². The Morgan fingerprint density at radius 3 is 2.41 bits per heavy atom. The van der Waals surface area contributed by atoms with E-state index in [9.17, 15) is 0 Å². The molecule has 0 amide bonds. The number of aryl methyl sites for hydroxylation is 3. The minimum atomic E-state index is 0.627. The zero-order chi connectivity index (χ0) is 23.8. The molecule has 0 aliphatic carbocycles. The van der Waals surface area contributed by atoms with Crippen LogP contribution in [0.2, 0.25) is 0 Å². The van der Waals surface area contributed by atoms with Crippen molar-refractivity contribution in [1.29, 1.82) is 0 Å². The predicted octanol–water partition coefficient (Wildman–Crippen LogP) is 5.90. The number of nitrogens with one attached hydrogen (secondary N) is 2. The molecule has 2 atom stereocenters. The van der Waals surface area contributed by atoms with Crippen molar-refractivity contribution in [2.45, 2.75) is 84.7 Å². The molecular formula is C29H41N5. The van der Waals surface area contributed by atoms with E-state index in [0.717, 1.165) is 40.3 Å². The number of piperidine rings is 2. The lowest BCUT2D eigenvalue weighted by atomic mass is 9.80. The number of hydrogen-bond donors (Lipinski definition) is 2. The molecule has 5 nitrogen and oxygen atoms in total. The van der Waals surface area contributed by atoms with Crippen molar-refractivity contribution in [3.63, 3.8) is 0 Å². The van der Waals surface area contributed by atoms with E-state index in [4.69, 9.17) is 4.98 Å². The molecule has 0 saturated carbocycles. The summed E-state index contributed by atoms with van der Waals surface area (Å²) in [5, 5.41) is 3.55.